The standard InChI is InChI=1S/C17H15F2N3O3S/c18-15(19)11-6-10(9-4-2-1-3-5-9)20-17(21-11)26-14-7-12(22-23)16-24-8-13(14)25-16/h1-6,13-16,23H,7-8H2/b22-12+/t13-,14?,16-/m1/s1. The molecule has 1 aromatic heterocycles. The van der Waals surface area contributed by atoms with Crippen molar-refractivity contribution in [3.05, 3.63) is 42.1 Å². The fraction of sp³-hybridized carbons (Fsp3) is 0.353. The van der Waals surface area contributed by atoms with Gasteiger partial charge in [0.1, 0.15) is 11.4 Å². The zero-order valence-electron chi connectivity index (χ0n) is 13.5. The Kier molecular flexibility index (Phi) is 4.84. The van der Waals surface area contributed by atoms with E-state index >= 15 is 0 Å². The summed E-state index contributed by atoms with van der Waals surface area (Å²) >= 11 is 1.23. The van der Waals surface area contributed by atoms with E-state index in [4.69, 9.17) is 14.7 Å². The fourth-order valence-electron chi connectivity index (χ4n) is 2.93. The molecule has 0 spiro atoms. The Labute approximate surface area is 152 Å². The van der Waals surface area contributed by atoms with Crippen LogP contribution in [-0.2, 0) is 9.47 Å². The Morgan fingerprint density at radius 3 is 2.77 bits per heavy atom. The molecule has 6 nitrogen and oxygen atoms in total. The molecular weight excluding hydrogens is 364 g/mol. The molecule has 3 atom stereocenters. The van der Waals surface area contributed by atoms with E-state index in [0.717, 1.165) is 5.56 Å². The number of rotatable bonds is 4. The van der Waals surface area contributed by atoms with Crippen LogP contribution in [0.3, 0.4) is 0 Å². The third kappa shape index (κ3) is 3.42. The third-order valence-corrected chi connectivity index (χ3v) is 5.38. The van der Waals surface area contributed by atoms with Crippen molar-refractivity contribution in [1.82, 2.24) is 9.97 Å². The van der Waals surface area contributed by atoms with Gasteiger partial charge in [0.25, 0.3) is 6.43 Å². The third-order valence-electron chi connectivity index (χ3n) is 4.21. The minimum absolute atomic E-state index is 0.184. The topological polar surface area (TPSA) is 76.8 Å². The highest BCUT2D eigenvalue weighted by atomic mass is 32.2. The molecule has 4 rings (SSSR count). The summed E-state index contributed by atoms with van der Waals surface area (Å²) in [4.78, 5) is 8.42. The zero-order chi connectivity index (χ0) is 18.1. The van der Waals surface area contributed by atoms with Crippen molar-refractivity contribution in [2.24, 2.45) is 5.16 Å². The molecule has 1 unspecified atom stereocenters. The number of hydrogen-bond donors (Lipinski definition) is 1. The van der Waals surface area contributed by atoms with Gasteiger partial charge in [0.05, 0.1) is 18.4 Å². The Hall–Kier alpha value is -2.10. The Bertz CT molecular complexity index is 822. The average molecular weight is 379 g/mol. The van der Waals surface area contributed by atoms with Gasteiger partial charge in [0, 0.05) is 17.2 Å². The molecular formula is C17H15F2N3O3S. The van der Waals surface area contributed by atoms with Gasteiger partial charge in [-0.05, 0) is 6.07 Å². The van der Waals surface area contributed by atoms with E-state index in [1.54, 1.807) is 0 Å². The van der Waals surface area contributed by atoms with Crippen molar-refractivity contribution in [1.29, 1.82) is 0 Å². The minimum Gasteiger partial charge on any atom is -0.411 e. The quantitative estimate of drug-likeness (QED) is 0.498. The van der Waals surface area contributed by atoms with E-state index in [9.17, 15) is 8.78 Å². The maximum Gasteiger partial charge on any atom is 0.280 e. The molecule has 2 bridgehead atoms. The van der Waals surface area contributed by atoms with Crippen LogP contribution in [0.15, 0.2) is 46.7 Å². The fourth-order valence-corrected chi connectivity index (χ4v) is 4.06. The molecule has 136 valence electrons. The zero-order valence-corrected chi connectivity index (χ0v) is 14.3. The van der Waals surface area contributed by atoms with Crippen LogP contribution in [0.4, 0.5) is 8.78 Å². The average Bonchev–Trinajstić information content (AvgIpc) is 3.09. The molecule has 0 radical (unpaired) electrons. The van der Waals surface area contributed by atoms with Gasteiger partial charge in [-0.2, -0.15) is 0 Å². The first-order chi connectivity index (χ1) is 12.6. The maximum absolute atomic E-state index is 13.3. The Morgan fingerprint density at radius 1 is 1.23 bits per heavy atom. The van der Waals surface area contributed by atoms with Crippen molar-refractivity contribution in [3.8, 4) is 11.3 Å². The lowest BCUT2D eigenvalue weighted by atomic mass is 10.1. The van der Waals surface area contributed by atoms with Crippen LogP contribution in [-0.4, -0.2) is 45.1 Å². The van der Waals surface area contributed by atoms with Gasteiger partial charge in [0.15, 0.2) is 5.16 Å². The number of benzene rings is 1. The summed E-state index contributed by atoms with van der Waals surface area (Å²) in [5, 5.41) is 12.4. The summed E-state index contributed by atoms with van der Waals surface area (Å²) in [6, 6.07) is 10.4. The molecule has 2 saturated heterocycles. The highest BCUT2D eigenvalue weighted by Crippen LogP contribution is 2.37. The summed E-state index contributed by atoms with van der Waals surface area (Å²) in [6.07, 6.45) is -3.14. The molecule has 2 aliphatic heterocycles. The Balaban J connectivity index is 1.64. The van der Waals surface area contributed by atoms with Crippen molar-refractivity contribution in [3.63, 3.8) is 0 Å². The molecule has 26 heavy (non-hydrogen) atoms. The van der Waals surface area contributed by atoms with E-state index in [1.165, 1.54) is 17.8 Å². The number of oxime groups is 1. The van der Waals surface area contributed by atoms with Gasteiger partial charge in [-0.1, -0.05) is 47.2 Å². The second-order valence-electron chi connectivity index (χ2n) is 5.92. The molecule has 1 aromatic carbocycles. The van der Waals surface area contributed by atoms with E-state index < -0.39 is 12.7 Å². The predicted molar refractivity (Wildman–Crippen MR) is 90.5 cm³/mol. The summed E-state index contributed by atoms with van der Waals surface area (Å²) in [5.41, 5.74) is 1.23. The molecule has 2 fully saturated rings. The number of thioether (sulfide) groups is 1. The van der Waals surface area contributed by atoms with Crippen molar-refractivity contribution < 1.29 is 23.5 Å². The van der Waals surface area contributed by atoms with Gasteiger partial charge >= 0.3 is 0 Å². The van der Waals surface area contributed by atoms with E-state index in [2.05, 4.69) is 15.1 Å². The van der Waals surface area contributed by atoms with Crippen LogP contribution >= 0.6 is 11.8 Å². The van der Waals surface area contributed by atoms with Crippen LogP contribution in [0.2, 0.25) is 0 Å². The summed E-state index contributed by atoms with van der Waals surface area (Å²) < 4.78 is 37.6. The number of alkyl halides is 2. The largest absolute Gasteiger partial charge is 0.411 e. The van der Waals surface area contributed by atoms with Crippen molar-refractivity contribution in [2.45, 2.75) is 35.6 Å². The SMILES string of the molecule is O/N=C1\CC(Sc2nc(-c3ccccc3)cc(C(F)F)n2)[C@H]2CO[C@@H]1O2. The molecule has 2 aromatic rings. The molecule has 1 N–H and O–H groups in total. The van der Waals surface area contributed by atoms with Gasteiger partial charge < -0.3 is 14.7 Å². The highest BCUT2D eigenvalue weighted by molar-refractivity contribution is 7.99. The van der Waals surface area contributed by atoms with Gasteiger partial charge in [-0.25, -0.2) is 18.7 Å². The van der Waals surface area contributed by atoms with E-state index in [0.29, 0.717) is 24.4 Å². The summed E-state index contributed by atoms with van der Waals surface area (Å²) in [7, 11) is 0. The second kappa shape index (κ2) is 7.26. The minimum atomic E-state index is -2.70. The lowest BCUT2D eigenvalue weighted by Crippen LogP contribution is -2.37. The lowest BCUT2D eigenvalue weighted by Gasteiger charge is -2.26. The molecule has 9 heteroatoms. The number of halogens is 2. The first-order valence-electron chi connectivity index (χ1n) is 8.01. The van der Waals surface area contributed by atoms with Crippen LogP contribution in [0, 0.1) is 0 Å². The van der Waals surface area contributed by atoms with E-state index in [1.807, 2.05) is 30.3 Å². The van der Waals surface area contributed by atoms with Crippen molar-refractivity contribution >= 4 is 17.5 Å². The molecule has 3 heterocycles. The second-order valence-corrected chi connectivity index (χ2v) is 7.13. The van der Waals surface area contributed by atoms with Gasteiger partial charge in [-0.3, -0.25) is 0 Å². The molecule has 0 saturated carbocycles. The van der Waals surface area contributed by atoms with Crippen LogP contribution in [0.1, 0.15) is 18.5 Å². The normalized spacial score (nSPS) is 26.6. The predicted octanol–water partition coefficient (Wildman–Crippen LogP) is 3.52. The lowest BCUT2D eigenvalue weighted by molar-refractivity contribution is -0.0169. The first kappa shape index (κ1) is 17.3. The number of fused-ring (bicyclic) bond motifs is 2. The van der Waals surface area contributed by atoms with Crippen molar-refractivity contribution in [2.75, 3.05) is 6.61 Å². The van der Waals surface area contributed by atoms with Crippen LogP contribution < -0.4 is 0 Å². The number of aromatic nitrogens is 2. The maximum atomic E-state index is 13.3. The summed E-state index contributed by atoms with van der Waals surface area (Å²) in [5.74, 6) is 0. The Morgan fingerprint density at radius 2 is 2.04 bits per heavy atom. The van der Waals surface area contributed by atoms with E-state index in [-0.39, 0.29) is 22.2 Å². The van der Waals surface area contributed by atoms with Crippen LogP contribution in [0.5, 0.6) is 0 Å². The number of ether oxygens (including phenoxy) is 2. The number of hydrogen-bond acceptors (Lipinski definition) is 7. The smallest absolute Gasteiger partial charge is 0.280 e. The monoisotopic (exact) mass is 379 g/mol. The molecule has 0 amide bonds. The number of nitrogens with zero attached hydrogens (tertiary/aromatic N) is 3. The van der Waals surface area contributed by atoms with Gasteiger partial charge in [0.2, 0.25) is 6.29 Å². The molecule has 2 aliphatic rings. The summed E-state index contributed by atoms with van der Waals surface area (Å²) in [6.45, 7) is 0.349. The van der Waals surface area contributed by atoms with Gasteiger partial charge in [-0.15, -0.1) is 0 Å². The highest BCUT2D eigenvalue weighted by Gasteiger charge is 2.43. The molecule has 0 aliphatic carbocycles. The van der Waals surface area contributed by atoms with Crippen LogP contribution in [0.25, 0.3) is 11.3 Å². The first-order valence-corrected chi connectivity index (χ1v) is 8.89.